The summed E-state index contributed by atoms with van der Waals surface area (Å²) in [6.07, 6.45) is 0. The first-order chi connectivity index (χ1) is 12.5. The molecule has 1 heterocycles. The molecule has 0 bridgehead atoms. The van der Waals surface area contributed by atoms with Gasteiger partial charge < -0.3 is 0 Å². The molecule has 1 aromatic heterocycles. The number of nitrogens with one attached hydrogen (secondary N) is 1. The maximum absolute atomic E-state index is 13.1. The summed E-state index contributed by atoms with van der Waals surface area (Å²) in [6.45, 7) is 6.04. The zero-order chi connectivity index (χ0) is 18.7. The van der Waals surface area contributed by atoms with Gasteiger partial charge in [0.05, 0.1) is 11.4 Å². The second-order valence-corrected chi connectivity index (χ2v) is 6.86. The number of hydrazone groups is 1. The standard InChI is InChI=1S/C20H17FN4S/c1-12-8-13(2)19(14(3)9-12)25-24-17(10-22)20-23-18(11-26-20)15-4-6-16(21)7-5-15/h4-9,11,25H,1-3H3. The predicted octanol–water partition coefficient (Wildman–Crippen LogP) is 5.21. The van der Waals surface area contributed by atoms with Crippen molar-refractivity contribution in [3.63, 3.8) is 0 Å². The minimum absolute atomic E-state index is 0.211. The Morgan fingerprint density at radius 2 is 1.81 bits per heavy atom. The number of hydrogen-bond donors (Lipinski definition) is 1. The Labute approximate surface area is 155 Å². The highest BCUT2D eigenvalue weighted by atomic mass is 32.1. The summed E-state index contributed by atoms with van der Waals surface area (Å²) < 4.78 is 13.1. The van der Waals surface area contributed by atoms with Crippen LogP contribution < -0.4 is 5.43 Å². The first-order valence-corrected chi connectivity index (χ1v) is 8.89. The number of nitrogens with zero attached hydrogens (tertiary/aromatic N) is 3. The second-order valence-electron chi connectivity index (χ2n) is 6.00. The Bertz CT molecular complexity index is 990. The fourth-order valence-electron chi connectivity index (χ4n) is 2.72. The molecule has 4 nitrogen and oxygen atoms in total. The number of benzene rings is 2. The van der Waals surface area contributed by atoms with E-state index < -0.39 is 0 Å². The summed E-state index contributed by atoms with van der Waals surface area (Å²) in [5, 5.41) is 16.0. The molecule has 0 aliphatic heterocycles. The largest absolute Gasteiger partial charge is 0.277 e. The van der Waals surface area contributed by atoms with Crippen LogP contribution in [0.3, 0.4) is 0 Å². The molecule has 3 rings (SSSR count). The number of aryl methyl sites for hydroxylation is 3. The third-order valence-electron chi connectivity index (χ3n) is 3.91. The predicted molar refractivity (Wildman–Crippen MR) is 104 cm³/mol. The smallest absolute Gasteiger partial charge is 0.196 e. The van der Waals surface area contributed by atoms with E-state index in [1.54, 1.807) is 12.1 Å². The molecule has 0 spiro atoms. The molecule has 0 aliphatic carbocycles. The van der Waals surface area contributed by atoms with Crippen molar-refractivity contribution in [2.75, 3.05) is 5.43 Å². The quantitative estimate of drug-likeness (QED) is 0.510. The first-order valence-electron chi connectivity index (χ1n) is 8.01. The van der Waals surface area contributed by atoms with E-state index >= 15 is 0 Å². The maximum Gasteiger partial charge on any atom is 0.196 e. The number of hydrogen-bond acceptors (Lipinski definition) is 5. The number of rotatable bonds is 4. The molecule has 130 valence electrons. The van der Waals surface area contributed by atoms with Gasteiger partial charge in [-0.25, -0.2) is 9.37 Å². The Kier molecular flexibility index (Phi) is 5.10. The van der Waals surface area contributed by atoms with Gasteiger partial charge in [-0.3, -0.25) is 5.43 Å². The molecule has 0 fully saturated rings. The van der Waals surface area contributed by atoms with Crippen molar-refractivity contribution < 1.29 is 4.39 Å². The lowest BCUT2D eigenvalue weighted by Crippen LogP contribution is -2.03. The van der Waals surface area contributed by atoms with Gasteiger partial charge in [0.25, 0.3) is 0 Å². The van der Waals surface area contributed by atoms with Crippen molar-refractivity contribution in [2.24, 2.45) is 5.10 Å². The first kappa shape index (κ1) is 17.8. The lowest BCUT2D eigenvalue weighted by atomic mass is 10.1. The zero-order valence-electron chi connectivity index (χ0n) is 14.7. The highest BCUT2D eigenvalue weighted by Crippen LogP contribution is 2.24. The highest BCUT2D eigenvalue weighted by molar-refractivity contribution is 7.12. The summed E-state index contributed by atoms with van der Waals surface area (Å²) in [7, 11) is 0. The number of aromatic nitrogens is 1. The SMILES string of the molecule is Cc1cc(C)c(NN=C(C#N)c2nc(-c3ccc(F)cc3)cs2)c(C)c1. The molecule has 2 aromatic carbocycles. The Morgan fingerprint density at radius 1 is 1.15 bits per heavy atom. The van der Waals surface area contributed by atoms with Gasteiger partial charge in [-0.05, 0) is 56.2 Å². The average molecular weight is 364 g/mol. The second kappa shape index (κ2) is 7.46. The molecule has 0 aliphatic rings. The summed E-state index contributed by atoms with van der Waals surface area (Å²) >= 11 is 1.33. The minimum Gasteiger partial charge on any atom is -0.277 e. The van der Waals surface area contributed by atoms with E-state index in [9.17, 15) is 9.65 Å². The van der Waals surface area contributed by atoms with Crippen LogP contribution in [0.25, 0.3) is 11.3 Å². The molecular weight excluding hydrogens is 347 g/mol. The van der Waals surface area contributed by atoms with E-state index in [4.69, 9.17) is 0 Å². The van der Waals surface area contributed by atoms with Crippen molar-refractivity contribution in [1.82, 2.24) is 4.98 Å². The molecule has 3 aromatic rings. The van der Waals surface area contributed by atoms with Crippen molar-refractivity contribution in [2.45, 2.75) is 20.8 Å². The van der Waals surface area contributed by atoms with E-state index in [1.807, 2.05) is 26.2 Å². The average Bonchev–Trinajstić information content (AvgIpc) is 3.07. The Morgan fingerprint density at radius 3 is 2.42 bits per heavy atom. The molecule has 26 heavy (non-hydrogen) atoms. The maximum atomic E-state index is 13.1. The van der Waals surface area contributed by atoms with Crippen LogP contribution in [0, 0.1) is 37.9 Å². The van der Waals surface area contributed by atoms with Gasteiger partial charge in [-0.1, -0.05) is 17.7 Å². The van der Waals surface area contributed by atoms with Crippen LogP contribution in [0.1, 0.15) is 21.7 Å². The molecular formula is C20H17FN4S. The zero-order valence-corrected chi connectivity index (χ0v) is 15.5. The summed E-state index contributed by atoms with van der Waals surface area (Å²) in [6, 6.07) is 12.3. The molecule has 0 amide bonds. The van der Waals surface area contributed by atoms with Gasteiger partial charge in [-0.2, -0.15) is 10.4 Å². The lowest BCUT2D eigenvalue weighted by molar-refractivity contribution is 0.628. The highest BCUT2D eigenvalue weighted by Gasteiger charge is 2.11. The van der Waals surface area contributed by atoms with Gasteiger partial charge in [0.1, 0.15) is 11.9 Å². The number of anilines is 1. The topological polar surface area (TPSA) is 61.1 Å². The van der Waals surface area contributed by atoms with E-state index in [0.29, 0.717) is 10.7 Å². The van der Waals surface area contributed by atoms with Crippen molar-refractivity contribution >= 4 is 22.7 Å². The third-order valence-corrected chi connectivity index (χ3v) is 4.76. The normalized spacial score (nSPS) is 11.3. The van der Waals surface area contributed by atoms with Crippen molar-refractivity contribution in [3.05, 3.63) is 69.3 Å². The number of thiazole rings is 1. The number of halogens is 1. The number of nitriles is 1. The molecule has 6 heteroatoms. The van der Waals surface area contributed by atoms with E-state index in [-0.39, 0.29) is 11.5 Å². The fraction of sp³-hybridized carbons (Fsp3) is 0.150. The van der Waals surface area contributed by atoms with Crippen LogP contribution in [-0.2, 0) is 0 Å². The van der Waals surface area contributed by atoms with Crippen molar-refractivity contribution in [3.8, 4) is 17.3 Å². The van der Waals surface area contributed by atoms with Crippen LogP contribution in [0.15, 0.2) is 46.9 Å². The van der Waals surface area contributed by atoms with Crippen molar-refractivity contribution in [1.29, 1.82) is 5.26 Å². The minimum atomic E-state index is -0.295. The van der Waals surface area contributed by atoms with Gasteiger partial charge in [-0.15, -0.1) is 11.3 Å². The monoisotopic (exact) mass is 364 g/mol. The van der Waals surface area contributed by atoms with Crippen LogP contribution in [0.4, 0.5) is 10.1 Å². The lowest BCUT2D eigenvalue weighted by Gasteiger charge is -2.10. The van der Waals surface area contributed by atoms with Gasteiger partial charge >= 0.3 is 0 Å². The molecule has 0 atom stereocenters. The van der Waals surface area contributed by atoms with E-state index in [1.165, 1.54) is 29.0 Å². The third kappa shape index (κ3) is 3.79. The molecule has 0 saturated heterocycles. The van der Waals surface area contributed by atoms with Crippen LogP contribution in [-0.4, -0.2) is 10.7 Å². The summed E-state index contributed by atoms with van der Waals surface area (Å²) in [4.78, 5) is 4.46. The Balaban J connectivity index is 1.87. The van der Waals surface area contributed by atoms with E-state index in [0.717, 1.165) is 22.4 Å². The molecule has 1 N–H and O–H groups in total. The Hall–Kier alpha value is -3.04. The molecule has 0 unspecified atom stereocenters. The fourth-order valence-corrected chi connectivity index (χ4v) is 3.49. The van der Waals surface area contributed by atoms with Gasteiger partial charge in [0, 0.05) is 10.9 Å². The van der Waals surface area contributed by atoms with Crippen LogP contribution in [0.5, 0.6) is 0 Å². The summed E-state index contributed by atoms with van der Waals surface area (Å²) in [5.41, 5.74) is 8.89. The summed E-state index contributed by atoms with van der Waals surface area (Å²) in [5.74, 6) is -0.295. The molecule has 0 saturated carbocycles. The van der Waals surface area contributed by atoms with Crippen LogP contribution in [0.2, 0.25) is 0 Å². The van der Waals surface area contributed by atoms with Gasteiger partial charge in [0.15, 0.2) is 10.7 Å². The van der Waals surface area contributed by atoms with E-state index in [2.05, 4.69) is 33.7 Å². The van der Waals surface area contributed by atoms with Crippen LogP contribution >= 0.6 is 11.3 Å². The van der Waals surface area contributed by atoms with Gasteiger partial charge in [0.2, 0.25) is 0 Å². The molecule has 0 radical (unpaired) electrons.